The van der Waals surface area contributed by atoms with Gasteiger partial charge in [0.05, 0.1) is 6.54 Å². The Morgan fingerprint density at radius 1 is 1.33 bits per heavy atom. The topological polar surface area (TPSA) is 86.7 Å². The fourth-order valence-electron chi connectivity index (χ4n) is 2.13. The van der Waals surface area contributed by atoms with E-state index in [1.165, 1.54) is 11.9 Å². The van der Waals surface area contributed by atoms with Crippen molar-refractivity contribution in [1.29, 1.82) is 0 Å². The minimum atomic E-state index is -1.29. The second-order valence-electron chi connectivity index (χ2n) is 4.64. The summed E-state index contributed by atoms with van der Waals surface area (Å²) in [4.78, 5) is 36.3. The van der Waals surface area contributed by atoms with Gasteiger partial charge in [-0.05, 0) is 19.3 Å². The number of rotatable bonds is 6. The zero-order valence-corrected chi connectivity index (χ0v) is 10.9. The smallest absolute Gasteiger partial charge is 0.319 e. The number of hydrogen-bond donors (Lipinski definition) is 2. The second kappa shape index (κ2) is 5.84. The lowest BCUT2D eigenvalue weighted by molar-refractivity contribution is -0.168. The number of carboxylic acids is 1. The van der Waals surface area contributed by atoms with E-state index < -0.39 is 17.3 Å². The molecule has 0 radical (unpaired) electrons. The molecule has 1 aliphatic carbocycles. The number of carbonyl (C=O) groups excluding carboxylic acids is 2. The Kier molecular flexibility index (Phi) is 4.69. The van der Waals surface area contributed by atoms with Crippen molar-refractivity contribution < 1.29 is 19.5 Å². The van der Waals surface area contributed by atoms with Crippen LogP contribution in [-0.4, -0.2) is 47.9 Å². The van der Waals surface area contributed by atoms with Gasteiger partial charge in [0.1, 0.15) is 5.41 Å². The van der Waals surface area contributed by atoms with Crippen LogP contribution in [0.1, 0.15) is 32.6 Å². The number of likely N-dealkylation sites (N-methyl/N-ethyl adjacent to an activating group) is 1. The maximum atomic E-state index is 12.3. The van der Waals surface area contributed by atoms with Gasteiger partial charge < -0.3 is 15.3 Å². The highest BCUT2D eigenvalue weighted by atomic mass is 16.4. The number of carboxylic acid groups (broad SMARTS) is 1. The fraction of sp³-hybridized carbons (Fsp3) is 0.750. The normalized spacial score (nSPS) is 16.6. The number of nitrogens with one attached hydrogen (secondary N) is 1. The van der Waals surface area contributed by atoms with Crippen molar-refractivity contribution in [2.45, 2.75) is 32.6 Å². The van der Waals surface area contributed by atoms with Gasteiger partial charge in [-0.25, -0.2) is 0 Å². The van der Waals surface area contributed by atoms with Gasteiger partial charge >= 0.3 is 5.97 Å². The Morgan fingerprint density at radius 2 is 1.94 bits per heavy atom. The van der Waals surface area contributed by atoms with Gasteiger partial charge in [0.2, 0.25) is 11.8 Å². The molecule has 0 bridgehead atoms. The summed E-state index contributed by atoms with van der Waals surface area (Å²) in [6.07, 6.45) is 2.18. The molecular weight excluding hydrogens is 236 g/mol. The largest absolute Gasteiger partial charge is 0.480 e. The Morgan fingerprint density at radius 3 is 2.28 bits per heavy atom. The van der Waals surface area contributed by atoms with E-state index in [4.69, 9.17) is 0 Å². The number of carbonyl (C=O) groups is 3. The Bertz CT molecular complexity index is 350. The summed E-state index contributed by atoms with van der Waals surface area (Å²) in [6.45, 7) is 2.22. The van der Waals surface area contributed by atoms with Gasteiger partial charge in [-0.1, -0.05) is 13.3 Å². The minimum absolute atomic E-state index is 0.0712. The van der Waals surface area contributed by atoms with E-state index in [2.05, 4.69) is 5.32 Å². The number of aliphatic carboxylic acids is 1. The lowest BCUT2D eigenvalue weighted by Gasteiger charge is -2.39. The molecule has 102 valence electrons. The highest BCUT2D eigenvalue weighted by molar-refractivity contribution is 6.03. The third kappa shape index (κ3) is 2.63. The average Bonchev–Trinajstić information content (AvgIpc) is 2.26. The quantitative estimate of drug-likeness (QED) is 0.666. The van der Waals surface area contributed by atoms with Crippen LogP contribution in [0.15, 0.2) is 0 Å². The Labute approximate surface area is 106 Å². The van der Waals surface area contributed by atoms with Crippen molar-refractivity contribution in [3.05, 3.63) is 0 Å². The van der Waals surface area contributed by atoms with Crippen LogP contribution in [-0.2, 0) is 14.4 Å². The molecule has 2 amide bonds. The number of hydrogen-bond acceptors (Lipinski definition) is 3. The average molecular weight is 256 g/mol. The maximum absolute atomic E-state index is 12.3. The summed E-state index contributed by atoms with van der Waals surface area (Å²) in [5.41, 5.74) is -1.29. The van der Waals surface area contributed by atoms with E-state index in [1.54, 1.807) is 0 Å². The van der Waals surface area contributed by atoms with E-state index >= 15 is 0 Å². The van der Waals surface area contributed by atoms with Crippen molar-refractivity contribution in [3.63, 3.8) is 0 Å². The van der Waals surface area contributed by atoms with E-state index in [9.17, 15) is 19.5 Å². The van der Waals surface area contributed by atoms with Crippen LogP contribution in [0.3, 0.4) is 0 Å². The monoisotopic (exact) mass is 256 g/mol. The predicted octanol–water partition coefficient (Wildman–Crippen LogP) is 0.226. The molecule has 2 N–H and O–H groups in total. The van der Waals surface area contributed by atoms with E-state index in [0.717, 1.165) is 6.42 Å². The molecular formula is C12H20N2O4. The summed E-state index contributed by atoms with van der Waals surface area (Å²) < 4.78 is 0. The van der Waals surface area contributed by atoms with Crippen LogP contribution in [0.4, 0.5) is 0 Å². The van der Waals surface area contributed by atoms with Gasteiger partial charge in [0.25, 0.3) is 0 Å². The Balaban J connectivity index is 2.81. The molecule has 1 fully saturated rings. The molecule has 18 heavy (non-hydrogen) atoms. The molecule has 6 heteroatoms. The first-order valence-electron chi connectivity index (χ1n) is 6.21. The van der Waals surface area contributed by atoms with Crippen molar-refractivity contribution >= 4 is 17.8 Å². The molecule has 0 aromatic rings. The van der Waals surface area contributed by atoms with Crippen LogP contribution in [0.25, 0.3) is 0 Å². The first-order chi connectivity index (χ1) is 8.47. The van der Waals surface area contributed by atoms with Gasteiger partial charge in [-0.15, -0.1) is 0 Å². The van der Waals surface area contributed by atoms with Crippen molar-refractivity contribution in [2.75, 3.05) is 20.1 Å². The molecule has 0 heterocycles. The van der Waals surface area contributed by atoms with E-state index in [1.807, 2.05) is 6.92 Å². The van der Waals surface area contributed by atoms with Crippen LogP contribution in [0, 0.1) is 5.41 Å². The molecule has 1 aliphatic rings. The molecule has 0 spiro atoms. The summed E-state index contributed by atoms with van der Waals surface area (Å²) in [7, 11) is 1.49. The molecule has 0 aromatic carbocycles. The van der Waals surface area contributed by atoms with Gasteiger partial charge in [-0.3, -0.25) is 14.4 Å². The lowest BCUT2D eigenvalue weighted by atomic mass is 9.67. The van der Waals surface area contributed by atoms with Crippen molar-refractivity contribution in [3.8, 4) is 0 Å². The summed E-state index contributed by atoms with van der Waals surface area (Å²) in [5, 5.41) is 11.7. The molecule has 1 rings (SSSR count). The third-order valence-corrected chi connectivity index (χ3v) is 3.42. The van der Waals surface area contributed by atoms with Crippen molar-refractivity contribution in [2.24, 2.45) is 5.41 Å². The summed E-state index contributed by atoms with van der Waals surface area (Å²) >= 11 is 0. The molecule has 0 saturated heterocycles. The second-order valence-corrected chi connectivity index (χ2v) is 4.64. The first-order valence-corrected chi connectivity index (χ1v) is 6.21. The SMILES string of the molecule is CCCN(CC(=O)NC)C(=O)C1(C(=O)O)CCC1. The maximum Gasteiger partial charge on any atom is 0.319 e. The lowest BCUT2D eigenvalue weighted by Crippen LogP contribution is -2.54. The van der Waals surface area contributed by atoms with Crippen LogP contribution in [0.2, 0.25) is 0 Å². The molecule has 0 aliphatic heterocycles. The zero-order chi connectivity index (χ0) is 13.8. The van der Waals surface area contributed by atoms with E-state index in [0.29, 0.717) is 25.8 Å². The summed E-state index contributed by atoms with van der Waals surface area (Å²) in [5.74, 6) is -1.78. The predicted molar refractivity (Wildman–Crippen MR) is 64.9 cm³/mol. The first kappa shape index (κ1) is 14.5. The van der Waals surface area contributed by atoms with Crippen LogP contribution < -0.4 is 5.32 Å². The van der Waals surface area contributed by atoms with Gasteiger partial charge in [-0.2, -0.15) is 0 Å². The van der Waals surface area contributed by atoms with Crippen LogP contribution >= 0.6 is 0 Å². The molecule has 0 aromatic heterocycles. The minimum Gasteiger partial charge on any atom is -0.480 e. The highest BCUT2D eigenvalue weighted by Gasteiger charge is 2.52. The van der Waals surface area contributed by atoms with Crippen LogP contribution in [0.5, 0.6) is 0 Å². The van der Waals surface area contributed by atoms with E-state index in [-0.39, 0.29) is 12.5 Å². The molecule has 0 atom stereocenters. The van der Waals surface area contributed by atoms with Gasteiger partial charge in [0.15, 0.2) is 0 Å². The molecule has 1 saturated carbocycles. The van der Waals surface area contributed by atoms with Gasteiger partial charge in [0, 0.05) is 13.6 Å². The fourth-order valence-corrected chi connectivity index (χ4v) is 2.13. The van der Waals surface area contributed by atoms with Crippen molar-refractivity contribution in [1.82, 2.24) is 10.2 Å². The zero-order valence-electron chi connectivity index (χ0n) is 10.9. The summed E-state index contributed by atoms with van der Waals surface area (Å²) in [6, 6.07) is 0. The standard InChI is InChI=1S/C12H20N2O4/c1-3-7-14(8-9(15)13-2)10(16)12(11(17)18)5-4-6-12/h3-8H2,1-2H3,(H,13,15)(H,17,18). The number of amides is 2. The highest BCUT2D eigenvalue weighted by Crippen LogP contribution is 2.42. The number of nitrogens with zero attached hydrogens (tertiary/aromatic N) is 1. The molecule has 6 nitrogen and oxygen atoms in total. The Hall–Kier alpha value is -1.59. The third-order valence-electron chi connectivity index (χ3n) is 3.42. The molecule has 0 unspecified atom stereocenters.